The molecule has 0 aliphatic carbocycles. The predicted octanol–water partition coefficient (Wildman–Crippen LogP) is 3.78. The van der Waals surface area contributed by atoms with Crippen molar-refractivity contribution in [2.24, 2.45) is 0 Å². The summed E-state index contributed by atoms with van der Waals surface area (Å²) in [5.41, 5.74) is 2.72. The van der Waals surface area contributed by atoms with Crippen LogP contribution in [-0.2, 0) is 0 Å². The van der Waals surface area contributed by atoms with Gasteiger partial charge in [0.1, 0.15) is 11.3 Å². The van der Waals surface area contributed by atoms with Crippen molar-refractivity contribution in [2.75, 3.05) is 28.6 Å². The number of aromatic nitrogens is 2. The fraction of sp³-hybridized carbons (Fsp3) is 0.278. The van der Waals surface area contributed by atoms with Crippen molar-refractivity contribution in [1.82, 2.24) is 9.97 Å². The maximum atomic E-state index is 12.2. The van der Waals surface area contributed by atoms with E-state index in [0.717, 1.165) is 18.9 Å². The molecule has 25 heavy (non-hydrogen) atoms. The van der Waals surface area contributed by atoms with Gasteiger partial charge in [-0.3, -0.25) is 0 Å². The van der Waals surface area contributed by atoms with Gasteiger partial charge < -0.3 is 20.0 Å². The Labute approximate surface area is 145 Å². The van der Waals surface area contributed by atoms with Crippen molar-refractivity contribution in [2.45, 2.75) is 19.8 Å². The normalized spacial score (nSPS) is 14.0. The number of anilines is 3. The van der Waals surface area contributed by atoms with Gasteiger partial charge in [-0.15, -0.1) is 0 Å². The van der Waals surface area contributed by atoms with E-state index in [1.807, 2.05) is 12.1 Å². The lowest BCUT2D eigenvalue weighted by molar-refractivity contribution is 0.262. The maximum absolute atomic E-state index is 12.2. The number of nitrogens with zero attached hydrogens (tertiary/aromatic N) is 3. The van der Waals surface area contributed by atoms with Gasteiger partial charge in [-0.05, 0) is 43.2 Å². The van der Waals surface area contributed by atoms with Gasteiger partial charge >= 0.3 is 6.03 Å². The Morgan fingerprint density at radius 2 is 1.88 bits per heavy atom. The Balaban J connectivity index is 1.40. The van der Waals surface area contributed by atoms with E-state index in [4.69, 9.17) is 4.42 Å². The van der Waals surface area contributed by atoms with Crippen LogP contribution in [-0.4, -0.2) is 29.1 Å². The minimum Gasteiger partial charge on any atom is -0.441 e. The first-order valence-corrected chi connectivity index (χ1v) is 8.33. The highest BCUT2D eigenvalue weighted by Gasteiger charge is 2.13. The lowest BCUT2D eigenvalue weighted by Gasteiger charge is -2.16. The monoisotopic (exact) mass is 337 g/mol. The number of urea groups is 1. The smallest absolute Gasteiger partial charge is 0.323 e. The van der Waals surface area contributed by atoms with Gasteiger partial charge in [0.05, 0.1) is 11.9 Å². The number of carbonyl (C=O) groups excluding carboxylic acids is 1. The first-order chi connectivity index (χ1) is 12.2. The van der Waals surface area contributed by atoms with Crippen LogP contribution in [0.5, 0.6) is 0 Å². The number of hydrogen-bond donors (Lipinski definition) is 2. The Hall–Kier alpha value is -3.09. The molecule has 3 aromatic rings. The second-order valence-corrected chi connectivity index (χ2v) is 6.09. The van der Waals surface area contributed by atoms with E-state index in [9.17, 15) is 4.79 Å². The molecule has 1 fully saturated rings. The molecule has 0 saturated carbocycles. The Morgan fingerprint density at radius 1 is 1.12 bits per heavy atom. The number of nitrogens with one attached hydrogen (secondary N) is 2. The van der Waals surface area contributed by atoms with Crippen LogP contribution in [0.2, 0.25) is 0 Å². The molecule has 0 bridgehead atoms. The Kier molecular flexibility index (Phi) is 3.97. The van der Waals surface area contributed by atoms with Crippen molar-refractivity contribution < 1.29 is 9.21 Å². The summed E-state index contributed by atoms with van der Waals surface area (Å²) in [6.07, 6.45) is 4.09. The number of fused-ring (bicyclic) bond motifs is 1. The molecule has 1 aliphatic heterocycles. The van der Waals surface area contributed by atoms with Gasteiger partial charge in [0.25, 0.3) is 0 Å². The van der Waals surface area contributed by atoms with Crippen LogP contribution in [0.25, 0.3) is 11.1 Å². The second kappa shape index (κ2) is 6.43. The van der Waals surface area contributed by atoms with Gasteiger partial charge in [0.2, 0.25) is 0 Å². The Bertz CT molecular complexity index is 897. The summed E-state index contributed by atoms with van der Waals surface area (Å²) in [5, 5.41) is 5.58. The standard InChI is InChI=1S/C18H19N5O2/c1-12-20-15-10-13(4-6-16(15)25-12)21-18(24)22-14-5-7-17(19-11-14)23-8-2-3-9-23/h4-7,10-11H,2-3,8-9H2,1H3,(H2,21,22,24). The van der Waals surface area contributed by atoms with E-state index >= 15 is 0 Å². The molecule has 0 radical (unpaired) electrons. The minimum atomic E-state index is -0.324. The largest absolute Gasteiger partial charge is 0.441 e. The molecule has 1 saturated heterocycles. The third kappa shape index (κ3) is 3.40. The minimum absolute atomic E-state index is 0.324. The maximum Gasteiger partial charge on any atom is 0.323 e. The number of benzene rings is 1. The van der Waals surface area contributed by atoms with Gasteiger partial charge in [-0.2, -0.15) is 0 Å². The van der Waals surface area contributed by atoms with Crippen molar-refractivity contribution in [3.63, 3.8) is 0 Å². The second-order valence-electron chi connectivity index (χ2n) is 6.09. The topological polar surface area (TPSA) is 83.3 Å². The first-order valence-electron chi connectivity index (χ1n) is 8.33. The van der Waals surface area contributed by atoms with E-state index in [0.29, 0.717) is 28.4 Å². The number of rotatable bonds is 3. The van der Waals surface area contributed by atoms with Crippen LogP contribution in [0.1, 0.15) is 18.7 Å². The number of oxazole rings is 1. The zero-order valence-corrected chi connectivity index (χ0v) is 14.0. The number of carbonyl (C=O) groups is 1. The highest BCUT2D eigenvalue weighted by molar-refractivity contribution is 6.00. The molecule has 1 aromatic carbocycles. The number of pyridine rings is 1. The molecule has 2 amide bonds. The van der Waals surface area contributed by atoms with Crippen LogP contribution >= 0.6 is 0 Å². The average molecular weight is 337 g/mol. The summed E-state index contributed by atoms with van der Waals surface area (Å²) in [6, 6.07) is 8.82. The van der Waals surface area contributed by atoms with Gasteiger partial charge in [-0.1, -0.05) is 0 Å². The molecule has 4 rings (SSSR count). The van der Waals surface area contributed by atoms with Crippen LogP contribution in [0, 0.1) is 6.92 Å². The lowest BCUT2D eigenvalue weighted by Crippen LogP contribution is -2.21. The van der Waals surface area contributed by atoms with Crippen LogP contribution in [0.4, 0.5) is 22.0 Å². The molecule has 0 spiro atoms. The van der Waals surface area contributed by atoms with Gasteiger partial charge in [0, 0.05) is 25.7 Å². The summed E-state index contributed by atoms with van der Waals surface area (Å²) in [7, 11) is 0. The molecule has 1 aliphatic rings. The summed E-state index contributed by atoms with van der Waals surface area (Å²) in [4.78, 5) is 23.1. The molecule has 2 N–H and O–H groups in total. The number of aryl methyl sites for hydroxylation is 1. The third-order valence-electron chi connectivity index (χ3n) is 4.19. The van der Waals surface area contributed by atoms with E-state index in [1.165, 1.54) is 12.8 Å². The fourth-order valence-electron chi connectivity index (χ4n) is 3.01. The molecule has 0 unspecified atom stereocenters. The van der Waals surface area contributed by atoms with Crippen molar-refractivity contribution >= 4 is 34.3 Å². The van der Waals surface area contributed by atoms with E-state index in [1.54, 1.807) is 31.3 Å². The molecule has 3 heterocycles. The van der Waals surface area contributed by atoms with Crippen molar-refractivity contribution in [3.8, 4) is 0 Å². The fourth-order valence-corrected chi connectivity index (χ4v) is 3.01. The highest BCUT2D eigenvalue weighted by Crippen LogP contribution is 2.21. The first kappa shape index (κ1) is 15.4. The van der Waals surface area contributed by atoms with E-state index in [-0.39, 0.29) is 6.03 Å². The quantitative estimate of drug-likeness (QED) is 0.760. The van der Waals surface area contributed by atoms with Crippen LogP contribution < -0.4 is 15.5 Å². The molecule has 128 valence electrons. The average Bonchev–Trinajstić information content (AvgIpc) is 3.23. The molecule has 7 heteroatoms. The van der Waals surface area contributed by atoms with Gasteiger partial charge in [-0.25, -0.2) is 14.8 Å². The van der Waals surface area contributed by atoms with Gasteiger partial charge in [0.15, 0.2) is 11.5 Å². The molecular formula is C18H19N5O2. The summed E-state index contributed by atoms with van der Waals surface area (Å²) < 4.78 is 5.43. The highest BCUT2D eigenvalue weighted by atomic mass is 16.3. The summed E-state index contributed by atoms with van der Waals surface area (Å²) in [5.74, 6) is 1.55. The van der Waals surface area contributed by atoms with Crippen LogP contribution in [0.15, 0.2) is 40.9 Å². The summed E-state index contributed by atoms with van der Waals surface area (Å²) >= 11 is 0. The number of amides is 2. The molecule has 0 atom stereocenters. The number of hydrogen-bond acceptors (Lipinski definition) is 5. The third-order valence-corrected chi connectivity index (χ3v) is 4.19. The molecule has 7 nitrogen and oxygen atoms in total. The van der Waals surface area contributed by atoms with Crippen molar-refractivity contribution in [1.29, 1.82) is 0 Å². The lowest BCUT2D eigenvalue weighted by atomic mass is 10.3. The SMILES string of the molecule is Cc1nc2cc(NC(=O)Nc3ccc(N4CCCC4)nc3)ccc2o1. The van der Waals surface area contributed by atoms with Crippen LogP contribution in [0.3, 0.4) is 0 Å². The van der Waals surface area contributed by atoms with Crippen molar-refractivity contribution in [3.05, 3.63) is 42.4 Å². The zero-order chi connectivity index (χ0) is 17.2. The Morgan fingerprint density at radius 3 is 2.64 bits per heavy atom. The molecular weight excluding hydrogens is 318 g/mol. The summed E-state index contributed by atoms with van der Waals surface area (Å²) in [6.45, 7) is 3.88. The predicted molar refractivity (Wildman–Crippen MR) is 97.1 cm³/mol. The van der Waals surface area contributed by atoms with E-state index < -0.39 is 0 Å². The van der Waals surface area contributed by atoms with E-state index in [2.05, 4.69) is 25.5 Å². The zero-order valence-electron chi connectivity index (χ0n) is 14.0. The molecule has 2 aromatic heterocycles.